The fraction of sp³-hybridized carbons (Fsp3) is 0.429. The highest BCUT2D eigenvalue weighted by Gasteiger charge is 2.08. The quantitative estimate of drug-likeness (QED) is 0.778. The maximum atomic E-state index is 6.02. The zero-order chi connectivity index (χ0) is 12.8. The summed E-state index contributed by atoms with van der Waals surface area (Å²) >= 11 is 6.02. The molecule has 1 N–H and O–H groups in total. The maximum absolute atomic E-state index is 6.02. The second-order valence-corrected chi connectivity index (χ2v) is 4.63. The van der Waals surface area contributed by atoms with E-state index in [-0.39, 0.29) is 0 Å². The smallest absolute Gasteiger partial charge is 0.119 e. The van der Waals surface area contributed by atoms with Crippen molar-refractivity contribution in [3.8, 4) is 0 Å². The third kappa shape index (κ3) is 4.41. The summed E-state index contributed by atoms with van der Waals surface area (Å²) in [4.78, 5) is 0. The summed E-state index contributed by atoms with van der Waals surface area (Å²) in [5.41, 5.74) is 2.13. The lowest BCUT2D eigenvalue weighted by Crippen LogP contribution is -2.22. The zero-order valence-corrected chi connectivity index (χ0v) is 11.5. The van der Waals surface area contributed by atoms with Gasteiger partial charge < -0.3 is 10.1 Å². The van der Waals surface area contributed by atoms with Crippen molar-refractivity contribution >= 4 is 17.4 Å². The SMILES string of the molecule is C=C(OCC)c1ccc(Cl)cc1CNC(C)C. The average molecular weight is 254 g/mol. The Kier molecular flexibility index (Phi) is 5.52. The third-order valence-electron chi connectivity index (χ3n) is 2.39. The minimum absolute atomic E-state index is 0.433. The van der Waals surface area contributed by atoms with E-state index >= 15 is 0 Å². The summed E-state index contributed by atoms with van der Waals surface area (Å²) in [6.45, 7) is 11.5. The minimum Gasteiger partial charge on any atom is -0.494 e. The molecule has 94 valence electrons. The number of halogens is 1. The fourth-order valence-electron chi connectivity index (χ4n) is 1.55. The van der Waals surface area contributed by atoms with Gasteiger partial charge in [-0.3, -0.25) is 0 Å². The lowest BCUT2D eigenvalue weighted by Gasteiger charge is -2.15. The van der Waals surface area contributed by atoms with Gasteiger partial charge in [0, 0.05) is 23.2 Å². The van der Waals surface area contributed by atoms with Crippen LogP contribution in [-0.2, 0) is 11.3 Å². The van der Waals surface area contributed by atoms with Crippen molar-refractivity contribution in [2.45, 2.75) is 33.4 Å². The molecule has 3 heteroatoms. The Hall–Kier alpha value is -0.990. The van der Waals surface area contributed by atoms with E-state index in [4.69, 9.17) is 16.3 Å². The molecular formula is C14H20ClNO. The van der Waals surface area contributed by atoms with Crippen LogP contribution in [-0.4, -0.2) is 12.6 Å². The average Bonchev–Trinajstić information content (AvgIpc) is 2.26. The maximum Gasteiger partial charge on any atom is 0.119 e. The van der Waals surface area contributed by atoms with Crippen LogP contribution in [0, 0.1) is 0 Å². The molecule has 0 unspecified atom stereocenters. The van der Waals surface area contributed by atoms with E-state index in [0.717, 1.165) is 22.7 Å². The van der Waals surface area contributed by atoms with Gasteiger partial charge in [-0.1, -0.05) is 32.0 Å². The van der Waals surface area contributed by atoms with Crippen LogP contribution in [0.1, 0.15) is 31.9 Å². The Morgan fingerprint density at radius 3 is 2.76 bits per heavy atom. The Labute approximate surface area is 109 Å². The number of hydrogen-bond donors (Lipinski definition) is 1. The van der Waals surface area contributed by atoms with E-state index in [1.54, 1.807) is 0 Å². The molecule has 0 saturated carbocycles. The van der Waals surface area contributed by atoms with Gasteiger partial charge in [0.15, 0.2) is 0 Å². The fourth-order valence-corrected chi connectivity index (χ4v) is 1.74. The Balaban J connectivity index is 2.91. The molecule has 1 aromatic rings. The number of benzene rings is 1. The number of rotatable bonds is 6. The van der Waals surface area contributed by atoms with Crippen molar-refractivity contribution in [2.75, 3.05) is 6.61 Å². The first-order chi connectivity index (χ1) is 8.04. The number of nitrogens with one attached hydrogen (secondary N) is 1. The molecule has 0 amide bonds. The first kappa shape index (κ1) is 14.1. The first-order valence-corrected chi connectivity index (χ1v) is 6.26. The van der Waals surface area contributed by atoms with E-state index in [1.807, 2.05) is 25.1 Å². The molecule has 0 aliphatic carbocycles. The van der Waals surface area contributed by atoms with Gasteiger partial charge in [-0.05, 0) is 30.7 Å². The van der Waals surface area contributed by atoms with E-state index < -0.39 is 0 Å². The van der Waals surface area contributed by atoms with E-state index in [1.165, 1.54) is 0 Å². The second-order valence-electron chi connectivity index (χ2n) is 4.19. The van der Waals surface area contributed by atoms with Crippen LogP contribution in [0.5, 0.6) is 0 Å². The van der Waals surface area contributed by atoms with Crippen molar-refractivity contribution in [3.63, 3.8) is 0 Å². The number of hydrogen-bond acceptors (Lipinski definition) is 2. The monoisotopic (exact) mass is 253 g/mol. The Bertz CT molecular complexity index is 388. The minimum atomic E-state index is 0.433. The molecule has 1 aromatic carbocycles. The van der Waals surface area contributed by atoms with Gasteiger partial charge in [0.1, 0.15) is 5.76 Å². The molecule has 17 heavy (non-hydrogen) atoms. The summed E-state index contributed by atoms with van der Waals surface area (Å²) in [5.74, 6) is 0.699. The van der Waals surface area contributed by atoms with Crippen LogP contribution < -0.4 is 5.32 Å². The van der Waals surface area contributed by atoms with Crippen molar-refractivity contribution < 1.29 is 4.74 Å². The third-order valence-corrected chi connectivity index (χ3v) is 2.62. The topological polar surface area (TPSA) is 21.3 Å². The molecule has 0 heterocycles. The normalized spacial score (nSPS) is 10.6. The lowest BCUT2D eigenvalue weighted by atomic mass is 10.1. The molecule has 0 aliphatic rings. The molecule has 1 rings (SSSR count). The van der Waals surface area contributed by atoms with Gasteiger partial charge in [0.2, 0.25) is 0 Å². The predicted octanol–water partition coefficient (Wildman–Crippen LogP) is 3.85. The summed E-state index contributed by atoms with van der Waals surface area (Å²) in [6, 6.07) is 6.20. The largest absolute Gasteiger partial charge is 0.494 e. The molecule has 0 atom stereocenters. The Morgan fingerprint density at radius 2 is 2.18 bits per heavy atom. The van der Waals surface area contributed by atoms with E-state index in [0.29, 0.717) is 18.4 Å². The molecule has 0 bridgehead atoms. The van der Waals surface area contributed by atoms with Crippen molar-refractivity contribution in [3.05, 3.63) is 40.9 Å². The van der Waals surface area contributed by atoms with Crippen molar-refractivity contribution in [1.82, 2.24) is 5.32 Å². The molecule has 0 spiro atoms. The van der Waals surface area contributed by atoms with Crippen molar-refractivity contribution in [1.29, 1.82) is 0 Å². The second kappa shape index (κ2) is 6.67. The van der Waals surface area contributed by atoms with Crippen LogP contribution in [0.2, 0.25) is 5.02 Å². The molecule has 0 radical (unpaired) electrons. The van der Waals surface area contributed by atoms with Gasteiger partial charge in [0.25, 0.3) is 0 Å². The van der Waals surface area contributed by atoms with Crippen LogP contribution in [0.15, 0.2) is 24.8 Å². The Morgan fingerprint density at radius 1 is 1.47 bits per heavy atom. The molecule has 0 saturated heterocycles. The van der Waals surface area contributed by atoms with E-state index in [9.17, 15) is 0 Å². The van der Waals surface area contributed by atoms with Gasteiger partial charge in [-0.15, -0.1) is 0 Å². The van der Waals surface area contributed by atoms with E-state index in [2.05, 4.69) is 25.7 Å². The predicted molar refractivity (Wildman–Crippen MR) is 74.1 cm³/mol. The van der Waals surface area contributed by atoms with Crippen molar-refractivity contribution in [2.24, 2.45) is 0 Å². The summed E-state index contributed by atoms with van der Waals surface area (Å²) in [7, 11) is 0. The first-order valence-electron chi connectivity index (χ1n) is 5.88. The molecule has 0 aliphatic heterocycles. The van der Waals surface area contributed by atoms with Crippen LogP contribution in [0.25, 0.3) is 5.76 Å². The standard InChI is InChI=1S/C14H20ClNO/c1-5-17-11(4)14-7-6-13(15)8-12(14)9-16-10(2)3/h6-8,10,16H,4-5,9H2,1-3H3. The zero-order valence-electron chi connectivity index (χ0n) is 10.7. The van der Waals surface area contributed by atoms with Gasteiger partial charge in [-0.2, -0.15) is 0 Å². The highest BCUT2D eigenvalue weighted by molar-refractivity contribution is 6.30. The highest BCUT2D eigenvalue weighted by Crippen LogP contribution is 2.22. The number of ether oxygens (including phenoxy) is 1. The van der Waals surface area contributed by atoms with Gasteiger partial charge in [0.05, 0.1) is 6.61 Å². The van der Waals surface area contributed by atoms with Gasteiger partial charge in [-0.25, -0.2) is 0 Å². The van der Waals surface area contributed by atoms with Crippen LogP contribution in [0.4, 0.5) is 0 Å². The summed E-state index contributed by atoms with van der Waals surface area (Å²) < 4.78 is 5.45. The van der Waals surface area contributed by atoms with Crippen LogP contribution in [0.3, 0.4) is 0 Å². The molecule has 0 aromatic heterocycles. The summed E-state index contributed by atoms with van der Waals surface area (Å²) in [5, 5.41) is 4.11. The van der Waals surface area contributed by atoms with Crippen LogP contribution >= 0.6 is 11.6 Å². The highest BCUT2D eigenvalue weighted by atomic mass is 35.5. The molecule has 0 fully saturated rings. The molecular weight excluding hydrogens is 234 g/mol. The summed E-state index contributed by atoms with van der Waals surface area (Å²) in [6.07, 6.45) is 0. The molecule has 2 nitrogen and oxygen atoms in total. The lowest BCUT2D eigenvalue weighted by molar-refractivity contribution is 0.298. The van der Waals surface area contributed by atoms with Gasteiger partial charge >= 0.3 is 0 Å².